The molecule has 2 aliphatic rings. The second kappa shape index (κ2) is 5.17. The van der Waals surface area contributed by atoms with Gasteiger partial charge in [-0.05, 0) is 42.5 Å². The van der Waals surface area contributed by atoms with Crippen LogP contribution >= 0.6 is 11.6 Å². The fourth-order valence-corrected chi connectivity index (χ4v) is 3.41. The Bertz CT molecular complexity index is 512. The molecule has 0 N–H and O–H groups in total. The van der Waals surface area contributed by atoms with Gasteiger partial charge >= 0.3 is 0 Å². The third-order valence-electron chi connectivity index (χ3n) is 4.29. The number of rotatable bonds is 1. The van der Waals surface area contributed by atoms with E-state index in [1.165, 1.54) is 11.1 Å². The van der Waals surface area contributed by atoms with Crippen LogP contribution in [-0.2, 0) is 16.8 Å². The fourth-order valence-electron chi connectivity index (χ4n) is 3.24. The van der Waals surface area contributed by atoms with Crippen molar-refractivity contribution in [2.75, 3.05) is 26.2 Å². The molecule has 100 valence electrons. The Kier molecular flexibility index (Phi) is 3.54. The summed E-state index contributed by atoms with van der Waals surface area (Å²) in [5.74, 6) is 2.72. The summed E-state index contributed by atoms with van der Waals surface area (Å²) in [6, 6.07) is 6.22. The van der Waals surface area contributed by atoms with Gasteiger partial charge in [0.2, 0.25) is 0 Å². The van der Waals surface area contributed by atoms with Crippen LogP contribution in [0.4, 0.5) is 0 Å². The highest BCUT2D eigenvalue weighted by molar-refractivity contribution is 6.30. The van der Waals surface area contributed by atoms with Gasteiger partial charge in [-0.25, -0.2) is 0 Å². The SMILES string of the molecule is C#CCN1CCC2(CC1)OCCc1ccc(Cl)cc12. The number of benzene rings is 1. The lowest BCUT2D eigenvalue weighted by molar-refractivity contribution is -0.0964. The minimum Gasteiger partial charge on any atom is -0.370 e. The number of nitrogens with zero attached hydrogens (tertiary/aromatic N) is 1. The third kappa shape index (κ3) is 2.39. The number of halogens is 1. The van der Waals surface area contributed by atoms with Gasteiger partial charge in [0.1, 0.15) is 0 Å². The maximum atomic E-state index is 6.18. The quantitative estimate of drug-likeness (QED) is 0.731. The van der Waals surface area contributed by atoms with Gasteiger partial charge in [0.05, 0.1) is 18.8 Å². The van der Waals surface area contributed by atoms with Crippen LogP contribution in [0.25, 0.3) is 0 Å². The third-order valence-corrected chi connectivity index (χ3v) is 4.53. The summed E-state index contributed by atoms with van der Waals surface area (Å²) in [4.78, 5) is 2.31. The summed E-state index contributed by atoms with van der Waals surface area (Å²) < 4.78 is 6.18. The molecule has 0 saturated carbocycles. The average molecular weight is 276 g/mol. The number of terminal acetylenes is 1. The van der Waals surface area contributed by atoms with Gasteiger partial charge in [-0.15, -0.1) is 6.42 Å². The standard InChI is InChI=1S/C16H18ClNO/c1-2-8-18-9-6-16(7-10-18)15-12-14(17)4-3-13(15)5-11-19-16/h1,3-4,12H,5-11H2. The molecular weight excluding hydrogens is 258 g/mol. The molecule has 1 fully saturated rings. The lowest BCUT2D eigenvalue weighted by Gasteiger charge is -2.44. The first kappa shape index (κ1) is 13.0. The molecule has 2 heterocycles. The molecule has 0 unspecified atom stereocenters. The molecule has 1 saturated heterocycles. The zero-order valence-electron chi connectivity index (χ0n) is 11.0. The highest BCUT2D eigenvalue weighted by atomic mass is 35.5. The molecule has 1 aromatic rings. The Balaban J connectivity index is 1.87. The summed E-state index contributed by atoms with van der Waals surface area (Å²) in [6.45, 7) is 3.54. The first-order valence-electron chi connectivity index (χ1n) is 6.82. The molecular formula is C16H18ClNO. The molecule has 3 heteroatoms. The van der Waals surface area contributed by atoms with E-state index in [-0.39, 0.29) is 5.60 Å². The van der Waals surface area contributed by atoms with Crippen molar-refractivity contribution >= 4 is 11.6 Å². The van der Waals surface area contributed by atoms with Crippen LogP contribution in [-0.4, -0.2) is 31.1 Å². The molecule has 0 aliphatic carbocycles. The first-order chi connectivity index (χ1) is 9.23. The van der Waals surface area contributed by atoms with E-state index in [1.54, 1.807) is 0 Å². The minimum atomic E-state index is -0.135. The molecule has 19 heavy (non-hydrogen) atoms. The van der Waals surface area contributed by atoms with Crippen molar-refractivity contribution in [2.24, 2.45) is 0 Å². The Morgan fingerprint density at radius 2 is 2.16 bits per heavy atom. The molecule has 2 nitrogen and oxygen atoms in total. The number of piperidine rings is 1. The smallest absolute Gasteiger partial charge is 0.0959 e. The van der Waals surface area contributed by atoms with E-state index < -0.39 is 0 Å². The van der Waals surface area contributed by atoms with Crippen molar-refractivity contribution in [1.82, 2.24) is 4.90 Å². The highest BCUT2D eigenvalue weighted by Crippen LogP contribution is 2.42. The normalized spacial score (nSPS) is 21.9. The predicted molar refractivity (Wildman–Crippen MR) is 77.3 cm³/mol. The Hall–Kier alpha value is -1.01. The van der Waals surface area contributed by atoms with Gasteiger partial charge < -0.3 is 4.74 Å². The van der Waals surface area contributed by atoms with Gasteiger partial charge in [-0.2, -0.15) is 0 Å². The molecule has 1 aromatic carbocycles. The van der Waals surface area contributed by atoms with Crippen LogP contribution in [0.2, 0.25) is 5.02 Å². The molecule has 1 spiro atoms. The Labute approximate surface area is 119 Å². The average Bonchev–Trinajstić information content (AvgIpc) is 2.43. The molecule has 0 aromatic heterocycles. The van der Waals surface area contributed by atoms with Gasteiger partial charge in [-0.1, -0.05) is 23.6 Å². The van der Waals surface area contributed by atoms with E-state index in [0.29, 0.717) is 0 Å². The van der Waals surface area contributed by atoms with Gasteiger partial charge in [-0.3, -0.25) is 4.90 Å². The van der Waals surface area contributed by atoms with E-state index in [4.69, 9.17) is 22.8 Å². The van der Waals surface area contributed by atoms with Crippen LogP contribution in [0.15, 0.2) is 18.2 Å². The summed E-state index contributed by atoms with van der Waals surface area (Å²) >= 11 is 6.16. The molecule has 0 atom stereocenters. The second-order valence-electron chi connectivity index (χ2n) is 5.37. The van der Waals surface area contributed by atoms with Gasteiger partial charge in [0.15, 0.2) is 0 Å². The maximum Gasteiger partial charge on any atom is 0.0959 e. The first-order valence-corrected chi connectivity index (χ1v) is 7.20. The van der Waals surface area contributed by atoms with Crippen LogP contribution in [0, 0.1) is 12.3 Å². The summed E-state index contributed by atoms with van der Waals surface area (Å²) in [5, 5.41) is 0.801. The largest absolute Gasteiger partial charge is 0.370 e. The van der Waals surface area contributed by atoms with E-state index >= 15 is 0 Å². The summed E-state index contributed by atoms with van der Waals surface area (Å²) in [5.41, 5.74) is 2.55. The number of hydrogen-bond donors (Lipinski definition) is 0. The van der Waals surface area contributed by atoms with Crippen LogP contribution in [0.3, 0.4) is 0 Å². The van der Waals surface area contributed by atoms with Crippen molar-refractivity contribution < 1.29 is 4.74 Å². The lowest BCUT2D eigenvalue weighted by Crippen LogP contribution is -2.46. The van der Waals surface area contributed by atoms with Crippen molar-refractivity contribution in [2.45, 2.75) is 24.9 Å². The van der Waals surface area contributed by atoms with Gasteiger partial charge in [0.25, 0.3) is 0 Å². The molecule has 0 amide bonds. The van der Waals surface area contributed by atoms with Crippen LogP contribution in [0.1, 0.15) is 24.0 Å². The van der Waals surface area contributed by atoms with Crippen molar-refractivity contribution in [1.29, 1.82) is 0 Å². The van der Waals surface area contributed by atoms with Crippen molar-refractivity contribution in [3.05, 3.63) is 34.3 Å². The minimum absolute atomic E-state index is 0.135. The van der Waals surface area contributed by atoms with Crippen molar-refractivity contribution in [3.8, 4) is 12.3 Å². The number of ether oxygens (including phenoxy) is 1. The zero-order chi connectivity index (χ0) is 13.3. The molecule has 0 bridgehead atoms. The molecule has 3 rings (SSSR count). The van der Waals surface area contributed by atoms with E-state index in [9.17, 15) is 0 Å². The Morgan fingerprint density at radius 1 is 1.37 bits per heavy atom. The zero-order valence-corrected chi connectivity index (χ0v) is 11.7. The van der Waals surface area contributed by atoms with E-state index in [0.717, 1.165) is 50.5 Å². The fraction of sp³-hybridized carbons (Fsp3) is 0.500. The predicted octanol–water partition coefficient (Wildman–Crippen LogP) is 2.84. The topological polar surface area (TPSA) is 12.5 Å². The number of hydrogen-bond acceptors (Lipinski definition) is 2. The Morgan fingerprint density at radius 3 is 2.89 bits per heavy atom. The van der Waals surface area contributed by atoms with E-state index in [1.807, 2.05) is 6.07 Å². The monoisotopic (exact) mass is 275 g/mol. The number of likely N-dealkylation sites (tertiary alicyclic amines) is 1. The van der Waals surface area contributed by atoms with Gasteiger partial charge in [0, 0.05) is 18.1 Å². The number of fused-ring (bicyclic) bond motifs is 2. The second-order valence-corrected chi connectivity index (χ2v) is 5.81. The molecule has 0 radical (unpaired) electrons. The van der Waals surface area contributed by atoms with Crippen molar-refractivity contribution in [3.63, 3.8) is 0 Å². The van der Waals surface area contributed by atoms with E-state index in [2.05, 4.69) is 23.0 Å². The summed E-state index contributed by atoms with van der Waals surface area (Å²) in [7, 11) is 0. The maximum absolute atomic E-state index is 6.18. The van der Waals surface area contributed by atoms with Crippen LogP contribution in [0.5, 0.6) is 0 Å². The molecule has 2 aliphatic heterocycles. The van der Waals surface area contributed by atoms with Crippen LogP contribution < -0.4 is 0 Å². The summed E-state index contributed by atoms with van der Waals surface area (Å²) in [6.07, 6.45) is 8.38. The highest BCUT2D eigenvalue weighted by Gasteiger charge is 2.40. The lowest BCUT2D eigenvalue weighted by atomic mass is 9.79.